The van der Waals surface area contributed by atoms with Crippen LogP contribution < -0.4 is 10.1 Å². The molecule has 0 spiro atoms. The molecule has 4 rings (SSSR count). The Hall–Kier alpha value is -3.66. The molecular weight excluding hydrogens is 420 g/mol. The summed E-state index contributed by atoms with van der Waals surface area (Å²) in [5.74, 6) is 0.815. The number of unbranched alkanes of at least 4 members (excludes halogenated alkanes) is 2. The lowest BCUT2D eigenvalue weighted by atomic mass is 9.71. The van der Waals surface area contributed by atoms with Crippen LogP contribution in [0.1, 0.15) is 43.7 Å². The number of ether oxygens (including phenoxy) is 1. The zero-order valence-corrected chi connectivity index (χ0v) is 20.0. The van der Waals surface area contributed by atoms with Gasteiger partial charge in [-0.15, -0.1) is 0 Å². The first-order valence-corrected chi connectivity index (χ1v) is 12.0. The van der Waals surface area contributed by atoms with Gasteiger partial charge in [0.2, 0.25) is 5.91 Å². The van der Waals surface area contributed by atoms with Crippen LogP contribution in [0.4, 0.5) is 5.69 Å². The van der Waals surface area contributed by atoms with Crippen molar-refractivity contribution in [3.05, 3.63) is 102 Å². The Balaban J connectivity index is 1.77. The van der Waals surface area contributed by atoms with E-state index in [1.54, 1.807) is 13.3 Å². The fourth-order valence-electron chi connectivity index (χ4n) is 4.63. The van der Waals surface area contributed by atoms with Crippen molar-refractivity contribution >= 4 is 22.5 Å². The maximum atomic E-state index is 14.2. The minimum Gasteiger partial charge on any atom is -0.497 e. The van der Waals surface area contributed by atoms with Crippen LogP contribution in [0.2, 0.25) is 0 Å². The van der Waals surface area contributed by atoms with E-state index < -0.39 is 5.41 Å². The van der Waals surface area contributed by atoms with E-state index in [4.69, 9.17) is 4.74 Å². The second kappa shape index (κ2) is 11.0. The van der Waals surface area contributed by atoms with Gasteiger partial charge in [0.15, 0.2) is 0 Å². The van der Waals surface area contributed by atoms with E-state index in [0.29, 0.717) is 6.42 Å². The average molecular weight is 453 g/mol. The van der Waals surface area contributed by atoms with Crippen molar-refractivity contribution in [3.63, 3.8) is 0 Å². The monoisotopic (exact) mass is 452 g/mol. The highest BCUT2D eigenvalue weighted by Gasteiger charge is 2.40. The summed E-state index contributed by atoms with van der Waals surface area (Å²) in [6.45, 7) is 2.19. The molecule has 0 aliphatic carbocycles. The van der Waals surface area contributed by atoms with E-state index in [2.05, 4.69) is 41.5 Å². The number of aromatic nitrogens is 1. The van der Waals surface area contributed by atoms with E-state index in [1.165, 1.54) is 0 Å². The lowest BCUT2D eigenvalue weighted by molar-refractivity contribution is -0.122. The van der Waals surface area contributed by atoms with E-state index >= 15 is 0 Å². The van der Waals surface area contributed by atoms with Crippen LogP contribution in [0.5, 0.6) is 5.75 Å². The van der Waals surface area contributed by atoms with Crippen LogP contribution in [-0.4, -0.2) is 18.0 Å². The molecule has 0 aliphatic rings. The van der Waals surface area contributed by atoms with E-state index in [-0.39, 0.29) is 5.91 Å². The number of anilines is 1. The molecule has 1 N–H and O–H groups in total. The van der Waals surface area contributed by atoms with Crippen molar-refractivity contribution in [2.24, 2.45) is 0 Å². The number of carbonyl (C=O) groups is 1. The number of hydrogen-bond acceptors (Lipinski definition) is 3. The summed E-state index contributed by atoms with van der Waals surface area (Å²) in [5, 5.41) is 4.27. The van der Waals surface area contributed by atoms with Gasteiger partial charge in [0.25, 0.3) is 0 Å². The highest BCUT2D eigenvalue weighted by atomic mass is 16.5. The zero-order valence-electron chi connectivity index (χ0n) is 20.0. The molecule has 1 heterocycles. The number of hydrogen-bond donors (Lipinski definition) is 1. The third kappa shape index (κ3) is 5.12. The summed E-state index contributed by atoms with van der Waals surface area (Å²) >= 11 is 0. The summed E-state index contributed by atoms with van der Waals surface area (Å²) in [4.78, 5) is 18.8. The van der Waals surface area contributed by atoms with Gasteiger partial charge in [-0.1, -0.05) is 86.8 Å². The number of rotatable bonds is 10. The number of carbonyl (C=O) groups excluding carboxylic acids is 1. The van der Waals surface area contributed by atoms with Gasteiger partial charge in [-0.2, -0.15) is 0 Å². The second-order valence-corrected chi connectivity index (χ2v) is 8.76. The summed E-state index contributed by atoms with van der Waals surface area (Å²) in [5.41, 5.74) is 2.98. The summed E-state index contributed by atoms with van der Waals surface area (Å²) in [7, 11) is 1.67. The molecule has 4 nitrogen and oxygen atoms in total. The predicted octanol–water partition coefficient (Wildman–Crippen LogP) is 6.94. The number of amides is 1. The summed E-state index contributed by atoms with van der Waals surface area (Å²) in [6, 6.07) is 28.1. The maximum absolute atomic E-state index is 14.2. The second-order valence-electron chi connectivity index (χ2n) is 8.76. The standard InChI is InChI=1S/C30H32N2O2/c1-3-4-8-20-30(25-13-6-5-7-14-25,22-23-16-18-26(34-2)19-17-23)29(33)32-27-15-9-11-24-12-10-21-31-28(24)27/h5-7,9-19,21H,3-4,8,20,22H2,1-2H3,(H,32,33). The van der Waals surface area contributed by atoms with Crippen molar-refractivity contribution in [3.8, 4) is 5.75 Å². The molecule has 1 atom stereocenters. The topological polar surface area (TPSA) is 51.2 Å². The first-order valence-electron chi connectivity index (χ1n) is 12.0. The Kier molecular flexibility index (Phi) is 7.58. The summed E-state index contributed by atoms with van der Waals surface area (Å²) < 4.78 is 5.34. The number of para-hydroxylation sites is 1. The Bertz CT molecular complexity index is 1220. The average Bonchev–Trinajstić information content (AvgIpc) is 2.89. The Morgan fingerprint density at radius 3 is 2.41 bits per heavy atom. The highest BCUT2D eigenvalue weighted by Crippen LogP contribution is 2.37. The third-order valence-electron chi connectivity index (χ3n) is 6.51. The molecule has 34 heavy (non-hydrogen) atoms. The molecule has 0 bridgehead atoms. The van der Waals surface area contributed by atoms with Crippen molar-refractivity contribution in [2.45, 2.75) is 44.4 Å². The fraction of sp³-hybridized carbons (Fsp3) is 0.267. The fourth-order valence-corrected chi connectivity index (χ4v) is 4.63. The van der Waals surface area contributed by atoms with Gasteiger partial charge in [0.1, 0.15) is 5.75 Å². The molecule has 0 saturated carbocycles. The summed E-state index contributed by atoms with van der Waals surface area (Å²) in [6.07, 6.45) is 6.29. The molecule has 1 amide bonds. The molecule has 1 unspecified atom stereocenters. The SMILES string of the molecule is CCCCCC(Cc1ccc(OC)cc1)(C(=O)Nc1cccc2cccnc12)c1ccccc1. The van der Waals surface area contributed by atoms with Crippen LogP contribution in [0.15, 0.2) is 91.1 Å². The Morgan fingerprint density at radius 2 is 1.68 bits per heavy atom. The van der Waals surface area contributed by atoms with Crippen LogP contribution in [0.25, 0.3) is 10.9 Å². The van der Waals surface area contributed by atoms with Gasteiger partial charge in [-0.25, -0.2) is 0 Å². The van der Waals surface area contributed by atoms with Crippen LogP contribution in [0.3, 0.4) is 0 Å². The minimum absolute atomic E-state index is 0.00349. The minimum atomic E-state index is -0.706. The quantitative estimate of drug-likeness (QED) is 0.265. The highest BCUT2D eigenvalue weighted by molar-refractivity contribution is 6.04. The lowest BCUT2D eigenvalue weighted by Gasteiger charge is -2.34. The van der Waals surface area contributed by atoms with Crippen molar-refractivity contribution in [2.75, 3.05) is 12.4 Å². The Morgan fingerprint density at radius 1 is 0.912 bits per heavy atom. The van der Waals surface area contributed by atoms with E-state index in [9.17, 15) is 4.79 Å². The molecule has 4 heteroatoms. The van der Waals surface area contributed by atoms with Gasteiger partial charge in [0, 0.05) is 11.6 Å². The van der Waals surface area contributed by atoms with Crippen molar-refractivity contribution < 1.29 is 9.53 Å². The number of nitrogens with one attached hydrogen (secondary N) is 1. The number of fused-ring (bicyclic) bond motifs is 1. The smallest absolute Gasteiger partial charge is 0.235 e. The lowest BCUT2D eigenvalue weighted by Crippen LogP contribution is -2.42. The molecule has 0 aliphatic heterocycles. The third-order valence-corrected chi connectivity index (χ3v) is 6.51. The predicted molar refractivity (Wildman–Crippen MR) is 139 cm³/mol. The number of nitrogens with zero attached hydrogens (tertiary/aromatic N) is 1. The number of methoxy groups -OCH3 is 1. The molecule has 0 fully saturated rings. The van der Waals surface area contributed by atoms with Gasteiger partial charge in [-0.05, 0) is 48.2 Å². The van der Waals surface area contributed by atoms with Gasteiger partial charge in [0.05, 0.1) is 23.7 Å². The van der Waals surface area contributed by atoms with Gasteiger partial charge in [-0.3, -0.25) is 9.78 Å². The van der Waals surface area contributed by atoms with Gasteiger partial charge < -0.3 is 10.1 Å². The first-order chi connectivity index (χ1) is 16.7. The zero-order chi connectivity index (χ0) is 23.8. The normalized spacial score (nSPS) is 12.8. The van der Waals surface area contributed by atoms with Crippen molar-refractivity contribution in [1.82, 2.24) is 4.98 Å². The van der Waals surface area contributed by atoms with Gasteiger partial charge >= 0.3 is 0 Å². The molecule has 4 aromatic rings. The Labute approximate surface area is 202 Å². The molecule has 0 radical (unpaired) electrons. The molecule has 1 aromatic heterocycles. The van der Waals surface area contributed by atoms with Crippen LogP contribution in [0, 0.1) is 0 Å². The maximum Gasteiger partial charge on any atom is 0.235 e. The van der Waals surface area contributed by atoms with Crippen molar-refractivity contribution in [1.29, 1.82) is 0 Å². The first kappa shape index (κ1) is 23.5. The molecular formula is C30H32N2O2. The molecule has 174 valence electrons. The molecule has 3 aromatic carbocycles. The van der Waals surface area contributed by atoms with Crippen LogP contribution in [-0.2, 0) is 16.6 Å². The van der Waals surface area contributed by atoms with E-state index in [0.717, 1.165) is 59.2 Å². The van der Waals surface area contributed by atoms with Crippen LogP contribution >= 0.6 is 0 Å². The molecule has 0 saturated heterocycles. The number of pyridine rings is 1. The number of benzene rings is 3. The van der Waals surface area contributed by atoms with E-state index in [1.807, 2.05) is 60.7 Å². The largest absolute Gasteiger partial charge is 0.497 e.